The van der Waals surface area contributed by atoms with Crippen LogP contribution in [0.25, 0.3) is 0 Å². The Morgan fingerprint density at radius 3 is 2.38 bits per heavy atom. The number of benzene rings is 1. The van der Waals surface area contributed by atoms with E-state index in [1.54, 1.807) is 31.4 Å². The van der Waals surface area contributed by atoms with E-state index in [-0.39, 0.29) is 5.56 Å². The standard InChI is InChI=1S/C16H19N3O4S/c1-5-24-13(17-10-6-8-11(23-4)9-7-10)12-14(20)18(2)16(22)19(3)15(12)21/h6-9,20H,5H2,1-4H3. The second kappa shape index (κ2) is 7.39. The second-order valence-corrected chi connectivity index (χ2v) is 6.21. The van der Waals surface area contributed by atoms with E-state index in [0.29, 0.717) is 22.2 Å². The summed E-state index contributed by atoms with van der Waals surface area (Å²) < 4.78 is 7.08. The smallest absolute Gasteiger partial charge is 0.333 e. The molecule has 0 amide bonds. The van der Waals surface area contributed by atoms with Crippen molar-refractivity contribution in [1.82, 2.24) is 9.13 Å². The quantitative estimate of drug-likeness (QED) is 0.670. The number of aromatic hydroxyl groups is 1. The lowest BCUT2D eigenvalue weighted by molar-refractivity contribution is 0.410. The van der Waals surface area contributed by atoms with Gasteiger partial charge in [-0.15, -0.1) is 11.8 Å². The van der Waals surface area contributed by atoms with Crippen LogP contribution in [0.5, 0.6) is 11.6 Å². The number of aromatic nitrogens is 2. The molecule has 0 aliphatic heterocycles. The minimum atomic E-state index is -0.591. The van der Waals surface area contributed by atoms with Crippen LogP contribution >= 0.6 is 11.8 Å². The van der Waals surface area contributed by atoms with Gasteiger partial charge in [0.1, 0.15) is 16.4 Å². The van der Waals surface area contributed by atoms with Gasteiger partial charge in [0.25, 0.3) is 5.56 Å². The molecule has 0 radical (unpaired) electrons. The van der Waals surface area contributed by atoms with Crippen LogP contribution in [-0.4, -0.2) is 32.1 Å². The zero-order valence-corrected chi connectivity index (χ0v) is 14.8. The third kappa shape index (κ3) is 3.38. The van der Waals surface area contributed by atoms with E-state index in [1.807, 2.05) is 6.92 Å². The largest absolute Gasteiger partial charge is 0.497 e. The fourth-order valence-electron chi connectivity index (χ4n) is 2.09. The first-order valence-electron chi connectivity index (χ1n) is 7.25. The average Bonchev–Trinajstić information content (AvgIpc) is 2.59. The Balaban J connectivity index is 2.65. The van der Waals surface area contributed by atoms with Gasteiger partial charge in [0, 0.05) is 14.1 Å². The van der Waals surface area contributed by atoms with Gasteiger partial charge in [-0.3, -0.25) is 13.9 Å². The summed E-state index contributed by atoms with van der Waals surface area (Å²) >= 11 is 1.32. The van der Waals surface area contributed by atoms with Gasteiger partial charge in [-0.1, -0.05) is 6.92 Å². The summed E-state index contributed by atoms with van der Waals surface area (Å²) in [6, 6.07) is 7.01. The molecular weight excluding hydrogens is 330 g/mol. The van der Waals surface area contributed by atoms with Gasteiger partial charge in [0.2, 0.25) is 5.88 Å². The summed E-state index contributed by atoms with van der Waals surface area (Å²) in [5.74, 6) is 0.955. The molecule has 0 spiro atoms. The fourth-order valence-corrected chi connectivity index (χ4v) is 2.86. The highest BCUT2D eigenvalue weighted by Gasteiger charge is 2.20. The van der Waals surface area contributed by atoms with Crippen molar-refractivity contribution in [3.63, 3.8) is 0 Å². The molecule has 0 atom stereocenters. The molecule has 128 valence electrons. The molecule has 0 unspecified atom stereocenters. The predicted molar refractivity (Wildman–Crippen MR) is 95.9 cm³/mol. The first-order valence-corrected chi connectivity index (χ1v) is 8.24. The van der Waals surface area contributed by atoms with Gasteiger partial charge in [-0.25, -0.2) is 9.79 Å². The first kappa shape index (κ1) is 17.9. The molecule has 0 saturated heterocycles. The number of methoxy groups -OCH3 is 1. The molecule has 0 fully saturated rings. The normalized spacial score (nSPS) is 11.6. The van der Waals surface area contributed by atoms with Crippen molar-refractivity contribution < 1.29 is 9.84 Å². The van der Waals surface area contributed by atoms with Crippen LogP contribution in [-0.2, 0) is 14.1 Å². The number of nitrogens with zero attached hydrogens (tertiary/aromatic N) is 3. The van der Waals surface area contributed by atoms with E-state index in [4.69, 9.17) is 4.74 Å². The van der Waals surface area contributed by atoms with Gasteiger partial charge in [0.05, 0.1) is 12.8 Å². The Labute approximate surface area is 143 Å². The highest BCUT2D eigenvalue weighted by atomic mass is 32.2. The van der Waals surface area contributed by atoms with Gasteiger partial charge < -0.3 is 9.84 Å². The van der Waals surface area contributed by atoms with Gasteiger partial charge >= 0.3 is 5.69 Å². The highest BCUT2D eigenvalue weighted by Crippen LogP contribution is 2.24. The van der Waals surface area contributed by atoms with E-state index in [1.165, 1.54) is 25.9 Å². The van der Waals surface area contributed by atoms with E-state index in [0.717, 1.165) is 9.13 Å². The third-order valence-corrected chi connectivity index (χ3v) is 4.29. The van der Waals surface area contributed by atoms with E-state index < -0.39 is 17.1 Å². The molecule has 8 heteroatoms. The fraction of sp³-hybridized carbons (Fsp3) is 0.312. The number of hydrogen-bond acceptors (Lipinski definition) is 6. The molecule has 0 bridgehead atoms. The Hall–Kier alpha value is -2.48. The minimum absolute atomic E-state index is 0.0160. The average molecular weight is 349 g/mol. The lowest BCUT2D eigenvalue weighted by atomic mass is 10.3. The highest BCUT2D eigenvalue weighted by molar-refractivity contribution is 8.14. The molecule has 1 N–H and O–H groups in total. The van der Waals surface area contributed by atoms with E-state index in [2.05, 4.69) is 4.99 Å². The van der Waals surface area contributed by atoms with Crippen molar-refractivity contribution in [2.45, 2.75) is 6.92 Å². The lowest BCUT2D eigenvalue weighted by Crippen LogP contribution is -2.39. The molecule has 7 nitrogen and oxygen atoms in total. The molecule has 0 saturated carbocycles. The van der Waals surface area contributed by atoms with Crippen LogP contribution in [0, 0.1) is 0 Å². The third-order valence-electron chi connectivity index (χ3n) is 3.43. The van der Waals surface area contributed by atoms with Crippen LogP contribution in [0.1, 0.15) is 12.5 Å². The summed E-state index contributed by atoms with van der Waals surface area (Å²) in [5, 5.41) is 10.6. The molecule has 24 heavy (non-hydrogen) atoms. The Bertz CT molecular complexity index is 882. The zero-order chi connectivity index (χ0) is 17.9. The molecule has 0 aliphatic rings. The van der Waals surface area contributed by atoms with Crippen molar-refractivity contribution in [2.24, 2.45) is 19.1 Å². The molecule has 1 heterocycles. The van der Waals surface area contributed by atoms with Crippen LogP contribution in [0.4, 0.5) is 5.69 Å². The lowest BCUT2D eigenvalue weighted by Gasteiger charge is -2.12. The number of thioether (sulfide) groups is 1. The number of ether oxygens (including phenoxy) is 1. The van der Waals surface area contributed by atoms with Crippen LogP contribution in [0.15, 0.2) is 38.8 Å². The van der Waals surface area contributed by atoms with Crippen LogP contribution in [0.2, 0.25) is 0 Å². The summed E-state index contributed by atoms with van der Waals surface area (Å²) in [6.45, 7) is 1.91. The monoisotopic (exact) mass is 349 g/mol. The van der Waals surface area contributed by atoms with Gasteiger partial charge in [-0.2, -0.15) is 0 Å². The van der Waals surface area contributed by atoms with Crippen LogP contribution in [0.3, 0.4) is 0 Å². The molecule has 0 aliphatic carbocycles. The van der Waals surface area contributed by atoms with Crippen molar-refractivity contribution in [1.29, 1.82) is 0 Å². The molecule has 2 aromatic rings. The summed E-state index contributed by atoms with van der Waals surface area (Å²) in [7, 11) is 4.35. The molecule has 1 aromatic carbocycles. The van der Waals surface area contributed by atoms with E-state index in [9.17, 15) is 14.7 Å². The molecular formula is C16H19N3O4S. The van der Waals surface area contributed by atoms with Crippen LogP contribution < -0.4 is 16.0 Å². The summed E-state index contributed by atoms with van der Waals surface area (Å²) in [4.78, 5) is 28.8. The summed E-state index contributed by atoms with van der Waals surface area (Å²) in [6.07, 6.45) is 0. The second-order valence-electron chi connectivity index (χ2n) is 4.95. The Kier molecular flexibility index (Phi) is 5.50. The number of aliphatic imine (C=N–C) groups is 1. The SMILES string of the molecule is CCSC(=Nc1ccc(OC)cc1)c1c(O)n(C)c(=O)n(C)c1=O. The zero-order valence-electron chi connectivity index (χ0n) is 13.9. The predicted octanol–water partition coefficient (Wildman–Crippen LogP) is 1.63. The van der Waals surface area contributed by atoms with Crippen molar-refractivity contribution in [3.05, 3.63) is 50.7 Å². The minimum Gasteiger partial charge on any atom is -0.497 e. The molecule has 2 rings (SSSR count). The maximum atomic E-state index is 12.4. The van der Waals surface area contributed by atoms with E-state index >= 15 is 0 Å². The first-order chi connectivity index (χ1) is 11.4. The Morgan fingerprint density at radius 1 is 1.21 bits per heavy atom. The molecule has 1 aromatic heterocycles. The maximum Gasteiger partial charge on any atom is 0.333 e. The topological polar surface area (TPSA) is 85.8 Å². The Morgan fingerprint density at radius 2 is 1.83 bits per heavy atom. The van der Waals surface area contributed by atoms with Gasteiger partial charge in [0.15, 0.2) is 0 Å². The van der Waals surface area contributed by atoms with Crippen molar-refractivity contribution in [2.75, 3.05) is 12.9 Å². The number of hydrogen-bond donors (Lipinski definition) is 1. The van der Waals surface area contributed by atoms with Gasteiger partial charge in [-0.05, 0) is 30.0 Å². The number of rotatable bonds is 4. The van der Waals surface area contributed by atoms with Crippen molar-refractivity contribution in [3.8, 4) is 11.6 Å². The summed E-state index contributed by atoms with van der Waals surface area (Å²) in [5.41, 5.74) is -0.542. The maximum absolute atomic E-state index is 12.4. The van der Waals surface area contributed by atoms with Crippen molar-refractivity contribution >= 4 is 22.5 Å².